The zero-order valence-electron chi connectivity index (χ0n) is 20.1. The maximum Gasteiger partial charge on any atom is 0.225 e. The molecule has 2 fully saturated rings. The zero-order chi connectivity index (χ0) is 21.8. The van der Waals surface area contributed by atoms with Crippen molar-refractivity contribution in [2.24, 2.45) is 21.7 Å². The number of hydrogen-bond acceptors (Lipinski definition) is 2. The van der Waals surface area contributed by atoms with Gasteiger partial charge in [-0.25, -0.2) is 0 Å². The predicted octanol–water partition coefficient (Wildman–Crippen LogP) is 5.21. The first-order valence-corrected chi connectivity index (χ1v) is 11.0. The average Bonchev–Trinajstić information content (AvgIpc) is 3.39. The molecule has 2 aliphatic carbocycles. The van der Waals surface area contributed by atoms with Gasteiger partial charge in [0.1, 0.15) is 0 Å². The summed E-state index contributed by atoms with van der Waals surface area (Å²) in [5.74, 6) is 0.293. The lowest BCUT2D eigenvalue weighted by atomic mass is 9.69. The topological polar surface area (TPSA) is 58.2 Å². The highest BCUT2D eigenvalue weighted by atomic mass is 16.2. The third kappa shape index (κ3) is 4.57. The molecule has 2 N–H and O–H groups in total. The molecular formula is C24H44N2O2. The third-order valence-corrected chi connectivity index (χ3v) is 7.53. The van der Waals surface area contributed by atoms with Crippen LogP contribution in [0.5, 0.6) is 0 Å². The normalized spacial score (nSPS) is 21.1. The Morgan fingerprint density at radius 3 is 1.04 bits per heavy atom. The van der Waals surface area contributed by atoms with E-state index in [1.54, 1.807) is 0 Å². The van der Waals surface area contributed by atoms with Gasteiger partial charge in [-0.05, 0) is 49.4 Å². The first kappa shape index (κ1) is 23.2. The summed E-state index contributed by atoms with van der Waals surface area (Å²) < 4.78 is 0. The Morgan fingerprint density at radius 2 is 0.857 bits per heavy atom. The molecule has 2 rings (SSSR count). The fourth-order valence-corrected chi connectivity index (χ4v) is 4.11. The van der Waals surface area contributed by atoms with E-state index < -0.39 is 0 Å². The molecule has 0 atom stereocenters. The molecule has 0 unspecified atom stereocenters. The average molecular weight is 393 g/mol. The Hall–Kier alpha value is -1.06. The van der Waals surface area contributed by atoms with Gasteiger partial charge in [0.05, 0.1) is 0 Å². The summed E-state index contributed by atoms with van der Waals surface area (Å²) in [6.07, 6.45) is 6.33. The van der Waals surface area contributed by atoms with E-state index in [1.807, 2.05) is 41.5 Å². The molecule has 0 aromatic rings. The SMILES string of the molecule is CC(C)(C)C(=O)NC1(C(C)(C)CCC(C)(C)C2(NC(=O)C(C)(C)C)CC2)CC1. The second-order valence-electron chi connectivity index (χ2n) is 12.8. The maximum atomic E-state index is 12.6. The van der Waals surface area contributed by atoms with Crippen LogP contribution in [0.3, 0.4) is 0 Å². The standard InChI is InChI=1S/C24H44N2O2/c1-19(2,3)17(27)25-23(13-14-23)21(7,8)11-12-22(9,10)24(15-16-24)26-18(28)20(4,5)6/h11-16H2,1-10H3,(H,25,27)(H,26,28). The molecule has 0 aromatic heterocycles. The molecule has 0 saturated heterocycles. The Morgan fingerprint density at radius 1 is 0.607 bits per heavy atom. The second kappa shape index (κ2) is 6.74. The lowest BCUT2D eigenvalue weighted by Gasteiger charge is -2.42. The lowest BCUT2D eigenvalue weighted by molar-refractivity contribution is -0.131. The summed E-state index contributed by atoms with van der Waals surface area (Å²) in [5, 5.41) is 6.76. The van der Waals surface area contributed by atoms with E-state index in [4.69, 9.17) is 0 Å². The fourth-order valence-electron chi connectivity index (χ4n) is 4.11. The second-order valence-corrected chi connectivity index (χ2v) is 12.8. The summed E-state index contributed by atoms with van der Waals surface area (Å²) in [5.41, 5.74) is -0.789. The number of nitrogens with one attached hydrogen (secondary N) is 2. The summed E-state index contributed by atoms with van der Waals surface area (Å²) in [7, 11) is 0. The minimum Gasteiger partial charge on any atom is -0.350 e. The van der Waals surface area contributed by atoms with Crippen LogP contribution in [-0.2, 0) is 9.59 Å². The smallest absolute Gasteiger partial charge is 0.225 e. The highest BCUT2D eigenvalue weighted by molar-refractivity contribution is 5.83. The molecule has 28 heavy (non-hydrogen) atoms. The number of carbonyl (C=O) groups excluding carboxylic acids is 2. The van der Waals surface area contributed by atoms with E-state index in [9.17, 15) is 9.59 Å². The van der Waals surface area contributed by atoms with Crippen LogP contribution in [0, 0.1) is 21.7 Å². The van der Waals surface area contributed by atoms with E-state index in [1.165, 1.54) is 0 Å². The van der Waals surface area contributed by atoms with Crippen LogP contribution >= 0.6 is 0 Å². The van der Waals surface area contributed by atoms with Crippen LogP contribution in [0.4, 0.5) is 0 Å². The van der Waals surface area contributed by atoms with Crippen molar-refractivity contribution in [3.63, 3.8) is 0 Å². The van der Waals surface area contributed by atoms with Gasteiger partial charge in [0, 0.05) is 21.9 Å². The lowest BCUT2D eigenvalue weighted by Crippen LogP contribution is -2.53. The van der Waals surface area contributed by atoms with Gasteiger partial charge >= 0.3 is 0 Å². The molecule has 162 valence electrons. The van der Waals surface area contributed by atoms with Crippen molar-refractivity contribution in [3.05, 3.63) is 0 Å². The number of hydrogen-bond donors (Lipinski definition) is 2. The highest BCUT2D eigenvalue weighted by Crippen LogP contribution is 2.57. The van der Waals surface area contributed by atoms with Crippen LogP contribution < -0.4 is 10.6 Å². The maximum absolute atomic E-state index is 12.6. The van der Waals surface area contributed by atoms with E-state index in [0.29, 0.717) is 0 Å². The summed E-state index contributed by atoms with van der Waals surface area (Å²) in [6, 6.07) is 0. The van der Waals surface area contributed by atoms with Crippen molar-refractivity contribution in [2.45, 2.75) is 119 Å². The highest BCUT2D eigenvalue weighted by Gasteiger charge is 2.59. The van der Waals surface area contributed by atoms with Crippen molar-refractivity contribution in [2.75, 3.05) is 0 Å². The van der Waals surface area contributed by atoms with Gasteiger partial charge in [-0.15, -0.1) is 0 Å². The first-order valence-electron chi connectivity index (χ1n) is 11.0. The molecule has 2 amide bonds. The fraction of sp³-hybridized carbons (Fsp3) is 0.917. The van der Waals surface area contributed by atoms with Gasteiger partial charge in [0.15, 0.2) is 0 Å². The van der Waals surface area contributed by atoms with Crippen molar-refractivity contribution >= 4 is 11.8 Å². The van der Waals surface area contributed by atoms with Crippen LogP contribution in [0.2, 0.25) is 0 Å². The molecule has 2 aliphatic rings. The molecule has 0 radical (unpaired) electrons. The largest absolute Gasteiger partial charge is 0.350 e. The van der Waals surface area contributed by atoms with E-state index in [-0.39, 0.29) is 44.6 Å². The number of carbonyl (C=O) groups is 2. The minimum absolute atomic E-state index is 0.0370. The number of rotatable bonds is 7. The molecule has 4 nitrogen and oxygen atoms in total. The van der Waals surface area contributed by atoms with Gasteiger partial charge < -0.3 is 10.6 Å². The molecule has 0 aromatic carbocycles. The van der Waals surface area contributed by atoms with Crippen LogP contribution in [0.15, 0.2) is 0 Å². The van der Waals surface area contributed by atoms with Crippen molar-refractivity contribution < 1.29 is 9.59 Å². The van der Waals surface area contributed by atoms with E-state index >= 15 is 0 Å². The quantitative estimate of drug-likeness (QED) is 0.625. The van der Waals surface area contributed by atoms with Crippen LogP contribution in [0.25, 0.3) is 0 Å². The van der Waals surface area contributed by atoms with Crippen LogP contribution in [0.1, 0.15) is 108 Å². The van der Waals surface area contributed by atoms with Gasteiger partial charge in [0.2, 0.25) is 11.8 Å². The molecule has 0 heterocycles. The summed E-state index contributed by atoms with van der Waals surface area (Å²) >= 11 is 0. The Balaban J connectivity index is 2.03. The first-order chi connectivity index (χ1) is 12.4. The van der Waals surface area contributed by atoms with Gasteiger partial charge in [0.25, 0.3) is 0 Å². The number of amides is 2. The van der Waals surface area contributed by atoms with E-state index in [0.717, 1.165) is 38.5 Å². The van der Waals surface area contributed by atoms with Gasteiger partial charge in [-0.2, -0.15) is 0 Å². The van der Waals surface area contributed by atoms with Gasteiger partial charge in [-0.1, -0.05) is 69.2 Å². The Labute approximate surface area is 173 Å². The summed E-state index contributed by atoms with van der Waals surface area (Å²) in [6.45, 7) is 21.0. The minimum atomic E-state index is -0.361. The predicted molar refractivity (Wildman–Crippen MR) is 116 cm³/mol. The van der Waals surface area contributed by atoms with E-state index in [2.05, 4.69) is 38.3 Å². The monoisotopic (exact) mass is 392 g/mol. The molecule has 4 heteroatoms. The van der Waals surface area contributed by atoms with Crippen molar-refractivity contribution in [3.8, 4) is 0 Å². The zero-order valence-corrected chi connectivity index (χ0v) is 20.1. The molecule has 2 saturated carbocycles. The van der Waals surface area contributed by atoms with Gasteiger partial charge in [-0.3, -0.25) is 9.59 Å². The van der Waals surface area contributed by atoms with Crippen molar-refractivity contribution in [1.82, 2.24) is 10.6 Å². The molecular weight excluding hydrogens is 348 g/mol. The molecule has 0 aliphatic heterocycles. The molecule has 0 spiro atoms. The van der Waals surface area contributed by atoms with Crippen LogP contribution in [-0.4, -0.2) is 22.9 Å². The Bertz CT molecular complexity index is 568. The summed E-state index contributed by atoms with van der Waals surface area (Å²) in [4.78, 5) is 25.2. The van der Waals surface area contributed by atoms with Crippen molar-refractivity contribution in [1.29, 1.82) is 0 Å². The Kier molecular flexibility index (Phi) is 5.59. The molecule has 0 bridgehead atoms. The third-order valence-electron chi connectivity index (χ3n) is 7.53.